The van der Waals surface area contributed by atoms with Crippen molar-refractivity contribution in [1.29, 1.82) is 0 Å². The van der Waals surface area contributed by atoms with Gasteiger partial charge in [-0.15, -0.1) is 11.3 Å². The van der Waals surface area contributed by atoms with Gasteiger partial charge in [0.25, 0.3) is 11.5 Å². The Labute approximate surface area is 140 Å². The molecule has 3 aromatic rings. The van der Waals surface area contributed by atoms with Gasteiger partial charge in [-0.3, -0.25) is 19.1 Å². The molecular weight excluding hydrogens is 328 g/mol. The maximum absolute atomic E-state index is 12.4. The SMILES string of the molecule is O=C(NCc1ccncc1)c1c[nH]c(=O)n(Cc2cccs2)c1=O. The predicted molar refractivity (Wildman–Crippen MR) is 90.2 cm³/mol. The van der Waals surface area contributed by atoms with Crippen LogP contribution in [-0.2, 0) is 13.1 Å². The van der Waals surface area contributed by atoms with E-state index in [2.05, 4.69) is 15.3 Å². The van der Waals surface area contributed by atoms with Crippen molar-refractivity contribution < 1.29 is 4.79 Å². The normalized spacial score (nSPS) is 10.5. The number of thiophene rings is 1. The third-order valence-electron chi connectivity index (χ3n) is 3.40. The molecule has 0 saturated heterocycles. The van der Waals surface area contributed by atoms with Crippen LogP contribution in [0.1, 0.15) is 20.8 Å². The smallest absolute Gasteiger partial charge is 0.328 e. The summed E-state index contributed by atoms with van der Waals surface area (Å²) in [6.45, 7) is 0.405. The van der Waals surface area contributed by atoms with Crippen molar-refractivity contribution in [2.45, 2.75) is 13.1 Å². The standard InChI is InChI=1S/C16H14N4O3S/c21-14(18-8-11-3-5-17-6-4-11)13-9-19-16(23)20(15(13)22)10-12-2-1-7-24-12/h1-7,9H,8,10H2,(H,18,21)(H,19,23). The van der Waals surface area contributed by atoms with Crippen LogP contribution in [0.25, 0.3) is 0 Å². The van der Waals surface area contributed by atoms with E-state index in [9.17, 15) is 14.4 Å². The summed E-state index contributed by atoms with van der Waals surface area (Å²) in [5.74, 6) is -0.534. The molecule has 0 aliphatic rings. The van der Waals surface area contributed by atoms with Crippen molar-refractivity contribution in [2.75, 3.05) is 0 Å². The van der Waals surface area contributed by atoms with Crippen LogP contribution in [0.5, 0.6) is 0 Å². The average molecular weight is 342 g/mol. The van der Waals surface area contributed by atoms with Gasteiger partial charge < -0.3 is 10.3 Å². The second kappa shape index (κ2) is 7.05. The number of rotatable bonds is 5. The molecule has 0 aliphatic carbocycles. The Morgan fingerprint density at radius 2 is 2.04 bits per heavy atom. The minimum atomic E-state index is -0.612. The fraction of sp³-hybridized carbons (Fsp3) is 0.125. The van der Waals surface area contributed by atoms with Crippen LogP contribution in [0.2, 0.25) is 0 Å². The number of amides is 1. The number of carbonyl (C=O) groups is 1. The molecule has 0 aliphatic heterocycles. The molecule has 1 amide bonds. The summed E-state index contributed by atoms with van der Waals surface area (Å²) in [4.78, 5) is 43.8. The molecule has 2 N–H and O–H groups in total. The lowest BCUT2D eigenvalue weighted by atomic mass is 10.2. The minimum absolute atomic E-state index is 0.0970. The van der Waals surface area contributed by atoms with Gasteiger partial charge in [-0.1, -0.05) is 6.07 Å². The Bertz CT molecular complexity index is 945. The van der Waals surface area contributed by atoms with Gasteiger partial charge in [0.2, 0.25) is 0 Å². The van der Waals surface area contributed by atoms with Gasteiger partial charge in [0, 0.05) is 30.0 Å². The first kappa shape index (κ1) is 15.9. The Kier molecular flexibility index (Phi) is 4.66. The summed E-state index contributed by atoms with van der Waals surface area (Å²) in [6.07, 6.45) is 4.39. The molecule has 8 heteroatoms. The molecular formula is C16H14N4O3S. The number of hydrogen-bond donors (Lipinski definition) is 2. The number of nitrogens with one attached hydrogen (secondary N) is 2. The van der Waals surface area contributed by atoms with Crippen molar-refractivity contribution in [3.8, 4) is 0 Å². The second-order valence-electron chi connectivity index (χ2n) is 5.02. The Hall–Kier alpha value is -3.00. The Balaban J connectivity index is 1.81. The molecule has 3 rings (SSSR count). The highest BCUT2D eigenvalue weighted by molar-refractivity contribution is 7.09. The topological polar surface area (TPSA) is 96.8 Å². The number of pyridine rings is 1. The summed E-state index contributed by atoms with van der Waals surface area (Å²) in [5.41, 5.74) is -0.389. The molecule has 0 radical (unpaired) electrons. The largest absolute Gasteiger partial charge is 0.348 e. The Morgan fingerprint density at radius 1 is 1.25 bits per heavy atom. The quantitative estimate of drug-likeness (QED) is 0.722. The van der Waals surface area contributed by atoms with E-state index in [0.717, 1.165) is 21.2 Å². The van der Waals surface area contributed by atoms with Crippen molar-refractivity contribution >= 4 is 17.2 Å². The highest BCUT2D eigenvalue weighted by Crippen LogP contribution is 2.08. The summed E-state index contributed by atoms with van der Waals surface area (Å²) in [7, 11) is 0. The van der Waals surface area contributed by atoms with Crippen LogP contribution in [0.15, 0.2) is 57.8 Å². The van der Waals surface area contributed by atoms with E-state index in [1.807, 2.05) is 17.5 Å². The summed E-state index contributed by atoms with van der Waals surface area (Å²) in [5, 5.41) is 4.52. The van der Waals surface area contributed by atoms with Gasteiger partial charge in [-0.2, -0.15) is 0 Å². The zero-order chi connectivity index (χ0) is 16.9. The van der Waals surface area contributed by atoms with E-state index in [-0.39, 0.29) is 18.7 Å². The van der Waals surface area contributed by atoms with Crippen molar-refractivity contribution in [3.63, 3.8) is 0 Å². The second-order valence-corrected chi connectivity index (χ2v) is 6.05. The third-order valence-corrected chi connectivity index (χ3v) is 4.26. The first-order valence-electron chi connectivity index (χ1n) is 7.17. The molecule has 0 bridgehead atoms. The maximum atomic E-state index is 12.4. The predicted octanol–water partition coefficient (Wildman–Crippen LogP) is 0.971. The zero-order valence-corrected chi connectivity index (χ0v) is 13.4. The van der Waals surface area contributed by atoms with Gasteiger partial charge in [0.15, 0.2) is 0 Å². The number of nitrogens with zero attached hydrogens (tertiary/aromatic N) is 2. The molecule has 0 aromatic carbocycles. The van der Waals surface area contributed by atoms with E-state index in [1.54, 1.807) is 24.5 Å². The fourth-order valence-electron chi connectivity index (χ4n) is 2.15. The molecule has 122 valence electrons. The lowest BCUT2D eigenvalue weighted by Crippen LogP contribution is -2.40. The molecule has 3 heterocycles. The molecule has 0 fully saturated rings. The molecule has 3 aromatic heterocycles. The van der Waals surface area contributed by atoms with Crippen LogP contribution >= 0.6 is 11.3 Å². The molecule has 24 heavy (non-hydrogen) atoms. The van der Waals surface area contributed by atoms with E-state index >= 15 is 0 Å². The first-order chi connectivity index (χ1) is 11.6. The van der Waals surface area contributed by atoms with E-state index in [1.165, 1.54) is 11.3 Å². The summed E-state index contributed by atoms with van der Waals surface area (Å²) < 4.78 is 1.02. The number of aromatic amines is 1. The lowest BCUT2D eigenvalue weighted by Gasteiger charge is -2.07. The lowest BCUT2D eigenvalue weighted by molar-refractivity contribution is 0.0948. The van der Waals surface area contributed by atoms with Crippen molar-refractivity contribution in [1.82, 2.24) is 19.9 Å². The minimum Gasteiger partial charge on any atom is -0.348 e. The van der Waals surface area contributed by atoms with E-state index in [4.69, 9.17) is 0 Å². The molecule has 0 spiro atoms. The molecule has 0 atom stereocenters. The number of aromatic nitrogens is 3. The van der Waals surface area contributed by atoms with Crippen LogP contribution in [0.3, 0.4) is 0 Å². The summed E-state index contributed by atoms with van der Waals surface area (Å²) >= 11 is 1.44. The number of carbonyl (C=O) groups excluding carboxylic acids is 1. The molecule has 0 saturated carbocycles. The number of H-pyrrole nitrogens is 1. The highest BCUT2D eigenvalue weighted by Gasteiger charge is 2.15. The van der Waals surface area contributed by atoms with E-state index < -0.39 is 17.2 Å². The van der Waals surface area contributed by atoms with Gasteiger partial charge in [0.05, 0.1) is 6.54 Å². The first-order valence-corrected chi connectivity index (χ1v) is 8.05. The van der Waals surface area contributed by atoms with E-state index in [0.29, 0.717) is 0 Å². The van der Waals surface area contributed by atoms with Gasteiger partial charge in [-0.25, -0.2) is 4.79 Å². The average Bonchev–Trinajstić information content (AvgIpc) is 3.11. The van der Waals surface area contributed by atoms with Crippen LogP contribution in [0, 0.1) is 0 Å². The van der Waals surface area contributed by atoms with Crippen LogP contribution in [0.4, 0.5) is 0 Å². The monoisotopic (exact) mass is 342 g/mol. The van der Waals surface area contributed by atoms with Crippen LogP contribution < -0.4 is 16.6 Å². The molecule has 7 nitrogen and oxygen atoms in total. The highest BCUT2D eigenvalue weighted by atomic mass is 32.1. The Morgan fingerprint density at radius 3 is 2.75 bits per heavy atom. The summed E-state index contributed by atoms with van der Waals surface area (Å²) in [6, 6.07) is 7.20. The fourth-order valence-corrected chi connectivity index (χ4v) is 2.85. The van der Waals surface area contributed by atoms with Crippen molar-refractivity contribution in [2.24, 2.45) is 0 Å². The zero-order valence-electron chi connectivity index (χ0n) is 12.6. The maximum Gasteiger partial charge on any atom is 0.328 e. The third kappa shape index (κ3) is 3.49. The van der Waals surface area contributed by atoms with Gasteiger partial charge >= 0.3 is 5.69 Å². The molecule has 0 unspecified atom stereocenters. The van der Waals surface area contributed by atoms with Crippen molar-refractivity contribution in [3.05, 3.63) is 85.1 Å². The van der Waals surface area contributed by atoms with Gasteiger partial charge in [0.1, 0.15) is 5.56 Å². The number of hydrogen-bond acceptors (Lipinski definition) is 5. The van der Waals surface area contributed by atoms with Crippen LogP contribution in [-0.4, -0.2) is 20.4 Å². The van der Waals surface area contributed by atoms with Gasteiger partial charge in [-0.05, 0) is 29.1 Å².